The predicted octanol–water partition coefficient (Wildman–Crippen LogP) is 3.72. The van der Waals surface area contributed by atoms with Crippen LogP contribution in [0, 0.1) is 11.8 Å². The van der Waals surface area contributed by atoms with E-state index in [1.54, 1.807) is 0 Å². The first-order chi connectivity index (χ1) is 17.0. The normalized spacial score (nSPS) is 29.8. The number of likely N-dealkylation sites (tertiary alicyclic amines) is 1. The summed E-state index contributed by atoms with van der Waals surface area (Å²) in [7, 11) is 0. The van der Waals surface area contributed by atoms with Gasteiger partial charge < -0.3 is 9.80 Å². The molecule has 6 nitrogen and oxygen atoms in total. The molecule has 192 valence electrons. The number of carbonyl (C=O) groups excluding carboxylic acids is 2. The van der Waals surface area contributed by atoms with Crippen molar-refractivity contribution >= 4 is 11.8 Å². The van der Waals surface area contributed by atoms with Gasteiger partial charge in [-0.1, -0.05) is 18.2 Å². The molecule has 0 unspecified atom stereocenters. The van der Waals surface area contributed by atoms with Crippen molar-refractivity contribution in [1.82, 2.24) is 19.6 Å². The second-order valence-electron chi connectivity index (χ2n) is 11.5. The van der Waals surface area contributed by atoms with Crippen molar-refractivity contribution < 1.29 is 9.59 Å². The molecule has 0 saturated carbocycles. The molecular weight excluding hydrogens is 436 g/mol. The number of piperidine rings is 3. The Morgan fingerprint density at radius 1 is 0.943 bits per heavy atom. The second-order valence-corrected chi connectivity index (χ2v) is 11.5. The number of hydrogen-bond acceptors (Lipinski definition) is 4. The Balaban J connectivity index is 1.26. The Hall–Kier alpha value is -1.92. The Bertz CT molecular complexity index is 865. The van der Waals surface area contributed by atoms with E-state index in [0.717, 1.165) is 51.1 Å². The standard InChI is InChI=1S/C29H44N4O2/c1-22(2)30-17-19-31(20-18-30)27(34)14-6-13-26-25-12-8-16-32-15-7-11-24(28(25)32)21-33(26)29(35)23-9-4-3-5-10-23/h3-5,9-10,22,24-26,28H,6-8,11-21H2,1-2H3/t24-,25+,26+,28-/m0/s1. The molecular formula is C29H44N4O2. The van der Waals surface area contributed by atoms with Crippen molar-refractivity contribution in [3.63, 3.8) is 0 Å². The van der Waals surface area contributed by atoms with Crippen LogP contribution < -0.4 is 0 Å². The minimum atomic E-state index is 0.188. The van der Waals surface area contributed by atoms with Crippen molar-refractivity contribution in [2.24, 2.45) is 11.8 Å². The monoisotopic (exact) mass is 480 g/mol. The highest BCUT2D eigenvalue weighted by molar-refractivity contribution is 5.94. The zero-order valence-electron chi connectivity index (χ0n) is 21.8. The number of hydrogen-bond donors (Lipinski definition) is 0. The third-order valence-electron chi connectivity index (χ3n) is 9.24. The van der Waals surface area contributed by atoms with Crippen LogP contribution in [0.5, 0.6) is 0 Å². The van der Waals surface area contributed by atoms with Crippen LogP contribution in [0.15, 0.2) is 30.3 Å². The van der Waals surface area contributed by atoms with Crippen molar-refractivity contribution in [3.05, 3.63) is 35.9 Å². The van der Waals surface area contributed by atoms with Crippen LogP contribution in [-0.2, 0) is 4.79 Å². The van der Waals surface area contributed by atoms with E-state index in [1.807, 2.05) is 30.3 Å². The molecule has 0 spiro atoms. The summed E-state index contributed by atoms with van der Waals surface area (Å²) in [5.41, 5.74) is 0.804. The summed E-state index contributed by atoms with van der Waals surface area (Å²) >= 11 is 0. The first-order valence-corrected chi connectivity index (χ1v) is 14.1. The van der Waals surface area contributed by atoms with Gasteiger partial charge in [0, 0.05) is 62.8 Å². The van der Waals surface area contributed by atoms with Crippen LogP contribution in [0.4, 0.5) is 0 Å². The number of nitrogens with zero attached hydrogens (tertiary/aromatic N) is 4. The van der Waals surface area contributed by atoms with Gasteiger partial charge in [-0.05, 0) is 89.4 Å². The van der Waals surface area contributed by atoms with Gasteiger partial charge in [0.15, 0.2) is 0 Å². The predicted molar refractivity (Wildman–Crippen MR) is 139 cm³/mol. The third kappa shape index (κ3) is 5.29. The smallest absolute Gasteiger partial charge is 0.254 e. The summed E-state index contributed by atoms with van der Waals surface area (Å²) in [5, 5.41) is 0. The van der Waals surface area contributed by atoms with E-state index in [2.05, 4.69) is 33.4 Å². The quantitative estimate of drug-likeness (QED) is 0.623. The molecule has 5 rings (SSSR count). The minimum Gasteiger partial charge on any atom is -0.340 e. The Morgan fingerprint density at radius 2 is 1.66 bits per heavy atom. The topological polar surface area (TPSA) is 47.1 Å². The highest BCUT2D eigenvalue weighted by atomic mass is 16.2. The van der Waals surface area contributed by atoms with Crippen molar-refractivity contribution in [1.29, 1.82) is 0 Å². The minimum absolute atomic E-state index is 0.188. The van der Waals surface area contributed by atoms with Gasteiger partial charge in [0.2, 0.25) is 5.91 Å². The number of benzene rings is 1. The van der Waals surface area contributed by atoms with Gasteiger partial charge in [-0.2, -0.15) is 0 Å². The fraction of sp³-hybridized carbons (Fsp3) is 0.724. The van der Waals surface area contributed by atoms with Gasteiger partial charge in [-0.15, -0.1) is 0 Å². The van der Waals surface area contributed by atoms with Gasteiger partial charge in [0.1, 0.15) is 0 Å². The Labute approximate surface area is 211 Å². The lowest BCUT2D eigenvalue weighted by atomic mass is 9.69. The van der Waals surface area contributed by atoms with E-state index >= 15 is 0 Å². The highest BCUT2D eigenvalue weighted by Gasteiger charge is 2.49. The lowest BCUT2D eigenvalue weighted by Gasteiger charge is -2.57. The first kappa shape index (κ1) is 24.8. The summed E-state index contributed by atoms with van der Waals surface area (Å²) in [6.07, 6.45) is 7.37. The summed E-state index contributed by atoms with van der Waals surface area (Å²) in [6, 6.07) is 11.3. The van der Waals surface area contributed by atoms with Crippen molar-refractivity contribution in [2.45, 2.75) is 76.9 Å². The van der Waals surface area contributed by atoms with E-state index in [4.69, 9.17) is 0 Å². The number of amides is 2. The van der Waals surface area contributed by atoms with Gasteiger partial charge in [-0.25, -0.2) is 0 Å². The van der Waals surface area contributed by atoms with Crippen LogP contribution in [-0.4, -0.2) is 95.4 Å². The lowest BCUT2D eigenvalue weighted by molar-refractivity contribution is -0.133. The molecule has 0 aliphatic carbocycles. The molecule has 35 heavy (non-hydrogen) atoms. The van der Waals surface area contributed by atoms with Crippen LogP contribution in [0.3, 0.4) is 0 Å². The Kier molecular flexibility index (Phi) is 7.78. The fourth-order valence-corrected chi connectivity index (χ4v) is 7.45. The first-order valence-electron chi connectivity index (χ1n) is 14.1. The lowest BCUT2D eigenvalue weighted by Crippen LogP contribution is -2.65. The number of rotatable bonds is 6. The molecule has 1 aromatic carbocycles. The van der Waals surface area contributed by atoms with Gasteiger partial charge in [-0.3, -0.25) is 19.4 Å². The molecule has 0 radical (unpaired) electrons. The molecule has 2 amide bonds. The number of piperazine rings is 1. The maximum Gasteiger partial charge on any atom is 0.254 e. The molecule has 4 fully saturated rings. The van der Waals surface area contributed by atoms with E-state index in [0.29, 0.717) is 36.2 Å². The van der Waals surface area contributed by atoms with Crippen LogP contribution in [0.25, 0.3) is 0 Å². The van der Waals surface area contributed by atoms with Crippen LogP contribution >= 0.6 is 0 Å². The molecule has 4 atom stereocenters. The maximum absolute atomic E-state index is 13.7. The van der Waals surface area contributed by atoms with Crippen molar-refractivity contribution in [2.75, 3.05) is 45.8 Å². The van der Waals surface area contributed by atoms with Crippen LogP contribution in [0.1, 0.15) is 69.2 Å². The maximum atomic E-state index is 13.7. The zero-order chi connectivity index (χ0) is 24.4. The summed E-state index contributed by atoms with van der Waals surface area (Å²) in [4.78, 5) is 36.2. The molecule has 6 heteroatoms. The molecule has 4 saturated heterocycles. The molecule has 4 aliphatic rings. The zero-order valence-corrected chi connectivity index (χ0v) is 21.8. The molecule has 1 aromatic rings. The average Bonchev–Trinajstić information content (AvgIpc) is 2.90. The molecule has 4 aliphatic heterocycles. The second kappa shape index (κ2) is 11.0. The molecule has 0 N–H and O–H groups in total. The third-order valence-corrected chi connectivity index (χ3v) is 9.24. The largest absolute Gasteiger partial charge is 0.340 e. The van der Waals surface area contributed by atoms with Gasteiger partial charge in [0.25, 0.3) is 5.91 Å². The highest BCUT2D eigenvalue weighted by Crippen LogP contribution is 2.43. The van der Waals surface area contributed by atoms with Crippen LogP contribution in [0.2, 0.25) is 0 Å². The van der Waals surface area contributed by atoms with E-state index in [-0.39, 0.29) is 11.9 Å². The molecule has 0 aromatic heterocycles. The summed E-state index contributed by atoms with van der Waals surface area (Å²) in [6.45, 7) is 11.4. The van der Waals surface area contributed by atoms with Gasteiger partial charge >= 0.3 is 0 Å². The summed E-state index contributed by atoms with van der Waals surface area (Å²) in [5.74, 6) is 1.62. The molecule has 4 heterocycles. The average molecular weight is 481 g/mol. The SMILES string of the molecule is CC(C)N1CCN(C(=O)CCC[C@@H]2[C@H]3CCCN4CCC[C@@H](CN2C(=O)c2ccccc2)[C@@H]34)CC1. The van der Waals surface area contributed by atoms with E-state index < -0.39 is 0 Å². The van der Waals surface area contributed by atoms with Crippen molar-refractivity contribution in [3.8, 4) is 0 Å². The fourth-order valence-electron chi connectivity index (χ4n) is 7.45. The van der Waals surface area contributed by atoms with E-state index in [9.17, 15) is 9.59 Å². The Morgan fingerprint density at radius 3 is 2.37 bits per heavy atom. The number of carbonyl (C=O) groups is 2. The van der Waals surface area contributed by atoms with E-state index in [1.165, 1.54) is 38.8 Å². The van der Waals surface area contributed by atoms with Gasteiger partial charge in [0.05, 0.1) is 0 Å². The summed E-state index contributed by atoms with van der Waals surface area (Å²) < 4.78 is 0. The molecule has 0 bridgehead atoms.